The van der Waals surface area contributed by atoms with Crippen LogP contribution in [0.25, 0.3) is 0 Å². The van der Waals surface area contributed by atoms with E-state index in [2.05, 4.69) is 18.9 Å². The molecule has 0 aromatic rings. The van der Waals surface area contributed by atoms with Crippen molar-refractivity contribution in [1.29, 1.82) is 0 Å². The fourth-order valence-corrected chi connectivity index (χ4v) is 11.6. The molecule has 28 nitrogen and oxygen atoms in total. The van der Waals surface area contributed by atoms with Crippen molar-refractivity contribution in [3.8, 4) is 0 Å². The summed E-state index contributed by atoms with van der Waals surface area (Å²) in [6.45, 7) is 6.59. The van der Waals surface area contributed by atoms with Gasteiger partial charge < -0.3 is 37.9 Å². The molecule has 0 spiro atoms. The number of methoxy groups -OCH3 is 4. The highest BCUT2D eigenvalue weighted by Crippen LogP contribution is 2.15. The average molecular weight is 1230 g/mol. The van der Waals surface area contributed by atoms with Crippen molar-refractivity contribution in [1.82, 2.24) is 17.2 Å². The standard InChI is InChI=1S/2C13H21NO6S.C12H21NO6S.C10H17NO6S/c2*1-19-12(15)6-7-13(16)20-10-5-11-21(17,18)14-8-3-2-4-9-14;1-4-13(5-2)20(16,17)10-6-9-19-12(15)8-7-11(14)18-3;1-11(2)18(14,15)8-4-7-17-10(13)6-5-9(12)16-3/h2*6-7H,2-5,8-11H2,1H3;7-8H,4-6,9-10H2,1-3H3;5-6H,4,7-8H2,1-3H3/b2*7-6+;8-7+;6-5+. The molecule has 2 rings (SSSR count). The summed E-state index contributed by atoms with van der Waals surface area (Å²) >= 11 is 0. The molecule has 0 radical (unpaired) electrons. The highest BCUT2D eigenvalue weighted by atomic mass is 32.2. The molecule has 0 unspecified atom stereocenters. The van der Waals surface area contributed by atoms with E-state index >= 15 is 0 Å². The van der Waals surface area contributed by atoms with Crippen molar-refractivity contribution in [2.45, 2.75) is 78.1 Å². The van der Waals surface area contributed by atoms with Crippen LogP contribution in [0.5, 0.6) is 0 Å². The first-order valence-corrected chi connectivity index (χ1v) is 31.6. The van der Waals surface area contributed by atoms with Gasteiger partial charge in [-0.05, 0) is 51.4 Å². The van der Waals surface area contributed by atoms with E-state index in [4.69, 9.17) is 18.9 Å². The fraction of sp³-hybridized carbons (Fsp3) is 0.667. The topological polar surface area (TPSA) is 360 Å². The second-order valence-electron chi connectivity index (χ2n) is 16.6. The Bertz CT molecular complexity index is 2410. The Kier molecular flexibility index (Phi) is 41.2. The normalized spacial score (nSPS) is 14.4. The summed E-state index contributed by atoms with van der Waals surface area (Å²) < 4.78 is 136. The van der Waals surface area contributed by atoms with Crippen molar-refractivity contribution in [3.05, 3.63) is 48.6 Å². The number of carbonyl (C=O) groups excluding carboxylic acids is 8. The monoisotopic (exact) mass is 1220 g/mol. The molecule has 80 heavy (non-hydrogen) atoms. The van der Waals surface area contributed by atoms with Crippen LogP contribution in [-0.4, -0.2) is 230 Å². The van der Waals surface area contributed by atoms with Gasteiger partial charge in [0.2, 0.25) is 40.1 Å². The first-order valence-electron chi connectivity index (χ1n) is 25.1. The van der Waals surface area contributed by atoms with Crippen molar-refractivity contribution >= 4 is 87.8 Å². The Morgan fingerprint density at radius 2 is 0.613 bits per heavy atom. The van der Waals surface area contributed by atoms with Gasteiger partial charge in [-0.2, -0.15) is 0 Å². The van der Waals surface area contributed by atoms with Crippen LogP contribution in [0, 0.1) is 0 Å². The summed E-state index contributed by atoms with van der Waals surface area (Å²) in [7, 11) is -5.47. The Hall–Kier alpha value is -5.64. The lowest BCUT2D eigenvalue weighted by molar-refractivity contribution is -0.139. The second-order valence-corrected chi connectivity index (χ2v) is 25.1. The molecular formula is C48H80N4O24S4. The van der Waals surface area contributed by atoms with E-state index in [0.717, 1.165) is 91.4 Å². The molecule has 0 aromatic carbocycles. The molecule has 460 valence electrons. The molecule has 0 N–H and O–H groups in total. The van der Waals surface area contributed by atoms with E-state index in [1.165, 1.54) is 55.5 Å². The molecule has 0 atom stereocenters. The van der Waals surface area contributed by atoms with E-state index in [-0.39, 0.29) is 75.1 Å². The van der Waals surface area contributed by atoms with Gasteiger partial charge in [0.25, 0.3) is 0 Å². The zero-order chi connectivity index (χ0) is 61.2. The van der Waals surface area contributed by atoms with Crippen molar-refractivity contribution in [2.75, 3.05) is 131 Å². The van der Waals surface area contributed by atoms with Crippen LogP contribution in [0.2, 0.25) is 0 Å². The summed E-state index contributed by atoms with van der Waals surface area (Å²) in [5.41, 5.74) is 0. The molecule has 2 heterocycles. The number of sulfonamides is 4. The van der Waals surface area contributed by atoms with Crippen LogP contribution < -0.4 is 0 Å². The van der Waals surface area contributed by atoms with Gasteiger partial charge in [0.15, 0.2) is 0 Å². The average Bonchev–Trinajstić information content (AvgIpc) is 3.43. The Morgan fingerprint density at radius 3 is 0.850 bits per heavy atom. The van der Waals surface area contributed by atoms with Crippen LogP contribution in [0.1, 0.15) is 78.1 Å². The van der Waals surface area contributed by atoms with Crippen LogP contribution in [0.3, 0.4) is 0 Å². The molecule has 2 aliphatic rings. The van der Waals surface area contributed by atoms with Crippen molar-refractivity contribution in [3.63, 3.8) is 0 Å². The third-order valence-corrected chi connectivity index (χ3v) is 18.4. The summed E-state index contributed by atoms with van der Waals surface area (Å²) in [6, 6.07) is 0. The van der Waals surface area contributed by atoms with Gasteiger partial charge in [0, 0.05) is 102 Å². The number of nitrogens with zero attached hydrogens (tertiary/aromatic N) is 4. The molecule has 0 aromatic heterocycles. The van der Waals surface area contributed by atoms with Gasteiger partial charge in [0.05, 0.1) is 77.9 Å². The Balaban J connectivity index is 0. The van der Waals surface area contributed by atoms with E-state index < -0.39 is 87.8 Å². The maximum absolute atomic E-state index is 12.0. The first-order chi connectivity index (χ1) is 37.6. The number of piperidine rings is 2. The number of hydrogen-bond donors (Lipinski definition) is 0. The molecule has 2 aliphatic heterocycles. The summed E-state index contributed by atoms with van der Waals surface area (Å²) in [4.78, 5) is 87.5. The highest BCUT2D eigenvalue weighted by Gasteiger charge is 2.25. The molecule has 2 fully saturated rings. The smallest absolute Gasteiger partial charge is 0.331 e. The summed E-state index contributed by atoms with van der Waals surface area (Å²) in [5.74, 6) is -5.73. The predicted octanol–water partition coefficient (Wildman–Crippen LogP) is 0.790. The maximum Gasteiger partial charge on any atom is 0.331 e. The fourth-order valence-electron chi connectivity index (χ4n) is 6.14. The van der Waals surface area contributed by atoms with Gasteiger partial charge in [-0.25, -0.2) is 89.2 Å². The largest absolute Gasteiger partial charge is 0.466 e. The Labute approximate surface area is 470 Å². The zero-order valence-corrected chi connectivity index (χ0v) is 50.1. The van der Waals surface area contributed by atoms with Crippen molar-refractivity contribution < 1.29 is 110 Å². The quantitative estimate of drug-likeness (QED) is 0.0415. The van der Waals surface area contributed by atoms with E-state index in [9.17, 15) is 72.0 Å². The predicted molar refractivity (Wildman–Crippen MR) is 290 cm³/mol. The summed E-state index contributed by atoms with van der Waals surface area (Å²) in [5, 5.41) is 0. The third-order valence-electron chi connectivity index (χ3n) is 10.5. The second kappa shape index (κ2) is 43.1. The minimum atomic E-state index is -3.30. The highest BCUT2D eigenvalue weighted by molar-refractivity contribution is 7.89. The minimum Gasteiger partial charge on any atom is -0.466 e. The number of hydrogen-bond acceptors (Lipinski definition) is 24. The van der Waals surface area contributed by atoms with Gasteiger partial charge >= 0.3 is 47.8 Å². The van der Waals surface area contributed by atoms with Crippen LogP contribution >= 0.6 is 0 Å². The van der Waals surface area contributed by atoms with Crippen molar-refractivity contribution in [2.24, 2.45) is 0 Å². The number of rotatable bonds is 30. The number of ether oxygens (including phenoxy) is 8. The SMILES string of the molecule is CCN(CC)S(=O)(=O)CCCOC(=O)/C=C/C(=O)OC.COC(=O)/C=C/C(=O)OCCCS(=O)(=O)N(C)C.COC(=O)/C=C/C(=O)OCCCS(=O)(=O)N1CCCCC1.COC(=O)/C=C/C(=O)OCCCS(=O)(=O)N1CCCCC1. The first kappa shape index (κ1) is 76.4. The minimum absolute atomic E-state index is 0.00256. The lowest BCUT2D eigenvalue weighted by atomic mass is 10.2. The van der Waals surface area contributed by atoms with E-state index in [1.54, 1.807) is 13.8 Å². The zero-order valence-electron chi connectivity index (χ0n) is 46.8. The Morgan fingerprint density at radius 1 is 0.375 bits per heavy atom. The van der Waals surface area contributed by atoms with Gasteiger partial charge in [-0.15, -0.1) is 0 Å². The molecule has 0 aliphatic carbocycles. The van der Waals surface area contributed by atoms with Gasteiger partial charge in [-0.1, -0.05) is 26.7 Å². The molecule has 0 amide bonds. The third kappa shape index (κ3) is 38.1. The molecule has 2 saturated heterocycles. The van der Waals surface area contributed by atoms with Gasteiger partial charge in [0.1, 0.15) is 0 Å². The maximum atomic E-state index is 12.0. The summed E-state index contributed by atoms with van der Waals surface area (Å²) in [6.07, 6.45) is 14.1. The van der Waals surface area contributed by atoms with E-state index in [0.29, 0.717) is 39.3 Å². The van der Waals surface area contributed by atoms with Crippen LogP contribution in [0.4, 0.5) is 0 Å². The van der Waals surface area contributed by atoms with Gasteiger partial charge in [-0.3, -0.25) is 0 Å². The molecule has 0 bridgehead atoms. The number of carbonyl (C=O) groups is 8. The number of esters is 8. The van der Waals surface area contributed by atoms with E-state index in [1.807, 2.05) is 0 Å². The van der Waals surface area contributed by atoms with Crippen LogP contribution in [0.15, 0.2) is 48.6 Å². The molecular weight excluding hydrogens is 1140 g/mol. The van der Waals surface area contributed by atoms with Crippen LogP contribution in [-0.2, 0) is 116 Å². The lowest BCUT2D eigenvalue weighted by Gasteiger charge is -2.25. The molecule has 0 saturated carbocycles. The molecule has 32 heteroatoms. The lowest BCUT2D eigenvalue weighted by Crippen LogP contribution is -2.37.